The zero-order chi connectivity index (χ0) is 26.5. The van der Waals surface area contributed by atoms with Gasteiger partial charge in [-0.3, -0.25) is 9.48 Å². The van der Waals surface area contributed by atoms with Crippen LogP contribution in [0.3, 0.4) is 0 Å². The van der Waals surface area contributed by atoms with Crippen molar-refractivity contribution in [2.45, 2.75) is 56.8 Å². The highest BCUT2D eigenvalue weighted by Gasteiger charge is 2.37. The third kappa shape index (κ3) is 4.30. The quantitative estimate of drug-likeness (QED) is 0.495. The van der Waals surface area contributed by atoms with E-state index in [1.54, 1.807) is 0 Å². The van der Waals surface area contributed by atoms with Crippen molar-refractivity contribution < 1.29 is 14.3 Å². The first kappa shape index (κ1) is 24.4. The van der Waals surface area contributed by atoms with Crippen molar-refractivity contribution in [3.8, 4) is 11.1 Å². The number of carbonyl (C=O) groups excluding carboxylic acids is 1. The summed E-state index contributed by atoms with van der Waals surface area (Å²) in [5, 5.41) is 11.2. The van der Waals surface area contributed by atoms with E-state index in [-0.39, 0.29) is 17.9 Å². The molecule has 1 fully saturated rings. The molecule has 6 heterocycles. The molecule has 4 aliphatic heterocycles. The van der Waals surface area contributed by atoms with Gasteiger partial charge in [0.25, 0.3) is 5.91 Å². The molecule has 2 unspecified atom stereocenters. The summed E-state index contributed by atoms with van der Waals surface area (Å²) < 4.78 is 13.5. The zero-order valence-electron chi connectivity index (χ0n) is 22.4. The van der Waals surface area contributed by atoms with Gasteiger partial charge in [-0.2, -0.15) is 5.10 Å². The fraction of sp³-hybridized carbons (Fsp3) is 0.433. The SMILES string of the molecule is CN(C)Cc1nc(Nc2ccc(-c3cnn4c3C3C=COC3CC4)c3c2C(=O)NC3)ccc1C1CCOCC1. The normalized spacial score (nSPS) is 21.9. The monoisotopic (exact) mass is 526 g/mol. The summed E-state index contributed by atoms with van der Waals surface area (Å²) in [6.45, 7) is 3.68. The molecule has 7 rings (SSSR count). The van der Waals surface area contributed by atoms with Crippen molar-refractivity contribution in [1.29, 1.82) is 0 Å². The van der Waals surface area contributed by atoms with E-state index >= 15 is 0 Å². The number of anilines is 2. The first-order valence-electron chi connectivity index (χ1n) is 13.9. The molecule has 0 bridgehead atoms. The van der Waals surface area contributed by atoms with Gasteiger partial charge in [0.2, 0.25) is 0 Å². The molecule has 2 atom stereocenters. The minimum atomic E-state index is -0.0651. The van der Waals surface area contributed by atoms with Gasteiger partial charge in [-0.25, -0.2) is 4.98 Å². The highest BCUT2D eigenvalue weighted by Crippen LogP contribution is 2.43. The van der Waals surface area contributed by atoms with Gasteiger partial charge < -0.3 is 25.0 Å². The second kappa shape index (κ2) is 9.81. The van der Waals surface area contributed by atoms with Gasteiger partial charge in [0, 0.05) is 44.8 Å². The molecule has 9 heteroatoms. The maximum absolute atomic E-state index is 13.1. The van der Waals surface area contributed by atoms with Gasteiger partial charge in [-0.15, -0.1) is 0 Å². The van der Waals surface area contributed by atoms with Crippen LogP contribution in [0, 0.1) is 0 Å². The molecule has 0 spiro atoms. The number of hydrogen-bond acceptors (Lipinski definition) is 7. The number of pyridine rings is 1. The number of amides is 1. The van der Waals surface area contributed by atoms with Gasteiger partial charge in [-0.05, 0) is 67.8 Å². The molecule has 3 aromatic rings. The van der Waals surface area contributed by atoms with Crippen LogP contribution in [0.5, 0.6) is 0 Å². The van der Waals surface area contributed by atoms with Gasteiger partial charge >= 0.3 is 0 Å². The molecule has 1 aromatic carbocycles. The summed E-state index contributed by atoms with van der Waals surface area (Å²) in [7, 11) is 4.13. The summed E-state index contributed by atoms with van der Waals surface area (Å²) in [6.07, 6.45) is 9.03. The second-order valence-corrected chi connectivity index (χ2v) is 11.2. The standard InChI is InChI=1S/C30H34N6O3/c1-35(2)17-25-19(18-8-12-38-13-9-18)4-6-27(34-25)33-24-5-3-20(22-15-31-30(37)28(22)24)23-16-32-36-11-7-26-21(29(23)36)10-14-39-26/h3-6,10,14,16,18,21,26H,7-9,11-13,15,17H2,1-2H3,(H,31,37)(H,33,34). The number of rotatable bonds is 6. The summed E-state index contributed by atoms with van der Waals surface area (Å²) >= 11 is 0. The number of fused-ring (bicyclic) bond motifs is 4. The third-order valence-electron chi connectivity index (χ3n) is 8.42. The number of nitrogens with one attached hydrogen (secondary N) is 2. The first-order chi connectivity index (χ1) is 19.1. The Labute approximate surface area is 228 Å². The Bertz CT molecular complexity index is 1460. The number of nitrogens with zero attached hydrogens (tertiary/aromatic N) is 4. The number of aryl methyl sites for hydroxylation is 1. The number of benzene rings is 1. The van der Waals surface area contributed by atoms with Crippen LogP contribution in [-0.4, -0.2) is 59.0 Å². The summed E-state index contributed by atoms with van der Waals surface area (Å²) in [5.74, 6) is 1.33. The third-order valence-corrected chi connectivity index (χ3v) is 8.42. The number of carbonyl (C=O) groups is 1. The van der Waals surface area contributed by atoms with Crippen LogP contribution in [0.15, 0.2) is 42.8 Å². The minimum absolute atomic E-state index is 0.0651. The van der Waals surface area contributed by atoms with Crippen LogP contribution in [0.25, 0.3) is 11.1 Å². The molecular weight excluding hydrogens is 492 g/mol. The maximum Gasteiger partial charge on any atom is 0.254 e. The molecule has 39 heavy (non-hydrogen) atoms. The molecule has 4 aliphatic rings. The predicted molar refractivity (Wildman–Crippen MR) is 148 cm³/mol. The lowest BCUT2D eigenvalue weighted by Crippen LogP contribution is -2.27. The Hall–Kier alpha value is -3.69. The van der Waals surface area contributed by atoms with Crippen LogP contribution in [0.4, 0.5) is 11.5 Å². The average Bonchev–Trinajstić information content (AvgIpc) is 3.68. The highest BCUT2D eigenvalue weighted by atomic mass is 16.5. The lowest BCUT2D eigenvalue weighted by Gasteiger charge is -2.27. The van der Waals surface area contributed by atoms with Crippen LogP contribution in [0.1, 0.15) is 64.0 Å². The molecular formula is C30H34N6O3. The zero-order valence-corrected chi connectivity index (χ0v) is 22.4. The summed E-state index contributed by atoms with van der Waals surface area (Å²) in [4.78, 5) is 20.3. The minimum Gasteiger partial charge on any atom is -0.497 e. The average molecular weight is 527 g/mol. The fourth-order valence-electron chi connectivity index (χ4n) is 6.57. The lowest BCUT2D eigenvalue weighted by atomic mass is 9.87. The number of ether oxygens (including phenoxy) is 2. The maximum atomic E-state index is 13.1. The van der Waals surface area contributed by atoms with Crippen molar-refractivity contribution >= 4 is 17.4 Å². The van der Waals surface area contributed by atoms with E-state index in [2.05, 4.69) is 52.5 Å². The molecule has 9 nitrogen and oxygen atoms in total. The van der Waals surface area contributed by atoms with E-state index in [0.29, 0.717) is 18.0 Å². The van der Waals surface area contributed by atoms with Crippen molar-refractivity contribution in [1.82, 2.24) is 25.0 Å². The van der Waals surface area contributed by atoms with Gasteiger partial charge in [-0.1, -0.05) is 12.1 Å². The van der Waals surface area contributed by atoms with Crippen LogP contribution in [0.2, 0.25) is 0 Å². The van der Waals surface area contributed by atoms with E-state index in [4.69, 9.17) is 19.6 Å². The Kier molecular flexibility index (Phi) is 6.12. The van der Waals surface area contributed by atoms with Crippen LogP contribution >= 0.6 is 0 Å². The van der Waals surface area contributed by atoms with Crippen LogP contribution < -0.4 is 10.6 Å². The molecule has 2 N–H and O–H groups in total. The van der Waals surface area contributed by atoms with E-state index in [1.165, 1.54) is 11.3 Å². The molecule has 1 saturated heterocycles. The van der Waals surface area contributed by atoms with E-state index in [9.17, 15) is 4.79 Å². The molecule has 0 saturated carbocycles. The van der Waals surface area contributed by atoms with Gasteiger partial charge in [0.1, 0.15) is 11.9 Å². The molecule has 0 aliphatic carbocycles. The smallest absolute Gasteiger partial charge is 0.254 e. The Morgan fingerprint density at radius 1 is 1.13 bits per heavy atom. The molecule has 2 aromatic heterocycles. The summed E-state index contributed by atoms with van der Waals surface area (Å²) in [5.41, 5.74) is 8.11. The highest BCUT2D eigenvalue weighted by molar-refractivity contribution is 6.06. The fourth-order valence-corrected chi connectivity index (χ4v) is 6.57. The second-order valence-electron chi connectivity index (χ2n) is 11.2. The van der Waals surface area contributed by atoms with Crippen molar-refractivity contribution in [3.05, 3.63) is 70.9 Å². The number of hydrogen-bond donors (Lipinski definition) is 2. The van der Waals surface area contributed by atoms with Crippen LogP contribution in [-0.2, 0) is 29.1 Å². The van der Waals surface area contributed by atoms with Crippen molar-refractivity contribution in [2.75, 3.05) is 32.6 Å². The lowest BCUT2D eigenvalue weighted by molar-refractivity contribution is 0.0849. The van der Waals surface area contributed by atoms with Crippen molar-refractivity contribution in [3.63, 3.8) is 0 Å². The Morgan fingerprint density at radius 2 is 2.00 bits per heavy atom. The van der Waals surface area contributed by atoms with E-state index < -0.39 is 0 Å². The van der Waals surface area contributed by atoms with Gasteiger partial charge in [0.15, 0.2) is 0 Å². The Morgan fingerprint density at radius 3 is 2.85 bits per heavy atom. The van der Waals surface area contributed by atoms with Crippen molar-refractivity contribution in [2.24, 2.45) is 0 Å². The molecule has 0 radical (unpaired) electrons. The Balaban J connectivity index is 1.24. The van der Waals surface area contributed by atoms with Gasteiger partial charge in [0.05, 0.1) is 41.0 Å². The van der Waals surface area contributed by atoms with E-state index in [1.807, 2.05) is 24.6 Å². The number of aromatic nitrogens is 3. The topological polar surface area (TPSA) is 93.5 Å². The first-order valence-corrected chi connectivity index (χ1v) is 13.9. The molecule has 1 amide bonds. The summed E-state index contributed by atoms with van der Waals surface area (Å²) in [6, 6.07) is 8.35. The largest absolute Gasteiger partial charge is 0.497 e. The predicted octanol–water partition coefficient (Wildman–Crippen LogP) is 4.29. The molecule has 202 valence electrons. The van der Waals surface area contributed by atoms with E-state index in [0.717, 1.165) is 79.5 Å².